The summed E-state index contributed by atoms with van der Waals surface area (Å²) in [7, 11) is 0. The minimum Gasteiger partial charge on any atom is -0.368 e. The van der Waals surface area contributed by atoms with Crippen molar-refractivity contribution in [2.75, 3.05) is 26.2 Å². The lowest BCUT2D eigenvalue weighted by molar-refractivity contribution is -0.130. The highest BCUT2D eigenvalue weighted by molar-refractivity contribution is 5.80. The Morgan fingerprint density at radius 2 is 2.19 bits per heavy atom. The van der Waals surface area contributed by atoms with Crippen LogP contribution in [-0.4, -0.2) is 43.2 Å². The zero-order chi connectivity index (χ0) is 14.5. The molecule has 1 atom stereocenters. The lowest BCUT2D eigenvalue weighted by Gasteiger charge is -2.28. The number of rotatable bonds is 5. The Bertz CT molecular complexity index is 483. The van der Waals surface area contributed by atoms with Crippen molar-refractivity contribution in [3.63, 3.8) is 0 Å². The first-order chi connectivity index (χ1) is 10.3. The molecule has 1 fully saturated rings. The standard InChI is InChI=1S/C17H24N2O2/c20-17(16-7-3-12-21-16)18-9-4-10-19-11-8-14-5-1-2-6-15(14)13-19/h1-2,5-6,16H,3-4,7-13H2,(H,18,20)/t16-/m0/s1. The van der Waals surface area contributed by atoms with Gasteiger partial charge in [0.15, 0.2) is 0 Å². The van der Waals surface area contributed by atoms with Crippen LogP contribution in [0.3, 0.4) is 0 Å². The molecule has 0 radical (unpaired) electrons. The molecular formula is C17H24N2O2. The largest absolute Gasteiger partial charge is 0.368 e. The van der Waals surface area contributed by atoms with Gasteiger partial charge in [0.25, 0.3) is 0 Å². The molecule has 0 aromatic heterocycles. The highest BCUT2D eigenvalue weighted by Gasteiger charge is 2.23. The molecule has 1 saturated heterocycles. The van der Waals surface area contributed by atoms with E-state index in [4.69, 9.17) is 4.74 Å². The van der Waals surface area contributed by atoms with Crippen molar-refractivity contribution in [1.82, 2.24) is 10.2 Å². The molecule has 114 valence electrons. The molecule has 4 heteroatoms. The molecule has 2 heterocycles. The van der Waals surface area contributed by atoms with Crippen molar-refractivity contribution in [3.8, 4) is 0 Å². The highest BCUT2D eigenvalue weighted by atomic mass is 16.5. The molecule has 2 aliphatic heterocycles. The number of hydrogen-bond donors (Lipinski definition) is 1. The summed E-state index contributed by atoms with van der Waals surface area (Å²) < 4.78 is 5.38. The average molecular weight is 288 g/mol. The van der Waals surface area contributed by atoms with E-state index in [2.05, 4.69) is 34.5 Å². The van der Waals surface area contributed by atoms with E-state index >= 15 is 0 Å². The third kappa shape index (κ3) is 3.83. The van der Waals surface area contributed by atoms with Gasteiger partial charge in [-0.2, -0.15) is 0 Å². The van der Waals surface area contributed by atoms with Gasteiger partial charge in [0.05, 0.1) is 0 Å². The summed E-state index contributed by atoms with van der Waals surface area (Å²) in [5.41, 5.74) is 2.94. The van der Waals surface area contributed by atoms with Gasteiger partial charge in [-0.1, -0.05) is 24.3 Å². The molecule has 1 aromatic rings. The van der Waals surface area contributed by atoms with Gasteiger partial charge in [-0.3, -0.25) is 9.69 Å². The number of carbonyl (C=O) groups is 1. The van der Waals surface area contributed by atoms with Gasteiger partial charge in [-0.15, -0.1) is 0 Å². The molecule has 0 aliphatic carbocycles. The minimum absolute atomic E-state index is 0.0662. The van der Waals surface area contributed by atoms with E-state index in [0.29, 0.717) is 0 Å². The molecule has 3 rings (SSSR count). The van der Waals surface area contributed by atoms with Crippen molar-refractivity contribution >= 4 is 5.91 Å². The smallest absolute Gasteiger partial charge is 0.249 e. The number of fused-ring (bicyclic) bond motifs is 1. The van der Waals surface area contributed by atoms with Gasteiger partial charge in [0.2, 0.25) is 5.91 Å². The SMILES string of the molecule is O=C(NCCCN1CCc2ccccc2C1)[C@@H]1CCCO1. The van der Waals surface area contributed by atoms with Gasteiger partial charge in [0, 0.05) is 32.8 Å². The summed E-state index contributed by atoms with van der Waals surface area (Å²) in [6.45, 7) is 4.68. The van der Waals surface area contributed by atoms with Gasteiger partial charge in [0.1, 0.15) is 6.10 Å². The van der Waals surface area contributed by atoms with E-state index in [9.17, 15) is 4.79 Å². The fourth-order valence-electron chi connectivity index (χ4n) is 3.16. The first kappa shape index (κ1) is 14.5. The molecule has 4 nitrogen and oxygen atoms in total. The summed E-state index contributed by atoms with van der Waals surface area (Å²) in [4.78, 5) is 14.3. The molecule has 0 unspecified atom stereocenters. The van der Waals surface area contributed by atoms with Crippen LogP contribution in [0.2, 0.25) is 0 Å². The molecule has 1 aromatic carbocycles. The van der Waals surface area contributed by atoms with Crippen LogP contribution in [0.15, 0.2) is 24.3 Å². The Balaban J connectivity index is 1.36. The quantitative estimate of drug-likeness (QED) is 0.839. The summed E-state index contributed by atoms with van der Waals surface area (Å²) in [6.07, 6.45) is 3.81. The van der Waals surface area contributed by atoms with Crippen molar-refractivity contribution in [3.05, 3.63) is 35.4 Å². The second kappa shape index (κ2) is 7.05. The Labute approximate surface area is 126 Å². The van der Waals surface area contributed by atoms with Crippen molar-refractivity contribution in [1.29, 1.82) is 0 Å². The van der Waals surface area contributed by atoms with E-state index in [1.165, 1.54) is 11.1 Å². The fraction of sp³-hybridized carbons (Fsp3) is 0.588. The predicted molar refractivity (Wildman–Crippen MR) is 82.0 cm³/mol. The Morgan fingerprint density at radius 3 is 3.00 bits per heavy atom. The van der Waals surface area contributed by atoms with Crippen LogP contribution in [-0.2, 0) is 22.5 Å². The maximum absolute atomic E-state index is 11.8. The summed E-state index contributed by atoms with van der Waals surface area (Å²) >= 11 is 0. The summed E-state index contributed by atoms with van der Waals surface area (Å²) in [6, 6.07) is 8.69. The van der Waals surface area contributed by atoms with E-state index in [1.54, 1.807) is 0 Å². The second-order valence-corrected chi connectivity index (χ2v) is 5.94. The maximum atomic E-state index is 11.8. The van der Waals surface area contributed by atoms with Crippen LogP contribution >= 0.6 is 0 Å². The zero-order valence-corrected chi connectivity index (χ0v) is 12.5. The monoisotopic (exact) mass is 288 g/mol. The first-order valence-corrected chi connectivity index (χ1v) is 8.01. The number of nitrogens with one attached hydrogen (secondary N) is 1. The Hall–Kier alpha value is -1.39. The van der Waals surface area contributed by atoms with Crippen molar-refractivity contribution in [2.24, 2.45) is 0 Å². The van der Waals surface area contributed by atoms with Crippen LogP contribution < -0.4 is 5.32 Å². The Morgan fingerprint density at radius 1 is 1.33 bits per heavy atom. The average Bonchev–Trinajstić information content (AvgIpc) is 3.06. The van der Waals surface area contributed by atoms with E-state index in [1.807, 2.05) is 0 Å². The third-order valence-electron chi connectivity index (χ3n) is 4.38. The van der Waals surface area contributed by atoms with Crippen LogP contribution in [0.5, 0.6) is 0 Å². The van der Waals surface area contributed by atoms with Crippen LogP contribution in [0, 0.1) is 0 Å². The summed E-state index contributed by atoms with van der Waals surface area (Å²) in [5.74, 6) is 0.0662. The highest BCUT2D eigenvalue weighted by Crippen LogP contribution is 2.18. The molecular weight excluding hydrogens is 264 g/mol. The molecule has 0 spiro atoms. The molecule has 1 amide bonds. The van der Waals surface area contributed by atoms with Gasteiger partial charge in [-0.25, -0.2) is 0 Å². The normalized spacial score (nSPS) is 22.0. The lowest BCUT2D eigenvalue weighted by Crippen LogP contribution is -2.37. The first-order valence-electron chi connectivity index (χ1n) is 8.01. The molecule has 1 N–H and O–H groups in total. The lowest BCUT2D eigenvalue weighted by atomic mass is 10.00. The van der Waals surface area contributed by atoms with Gasteiger partial charge >= 0.3 is 0 Å². The predicted octanol–water partition coefficient (Wildman–Crippen LogP) is 1.73. The molecule has 0 saturated carbocycles. The fourth-order valence-corrected chi connectivity index (χ4v) is 3.16. The topological polar surface area (TPSA) is 41.6 Å². The van der Waals surface area contributed by atoms with E-state index in [-0.39, 0.29) is 12.0 Å². The van der Waals surface area contributed by atoms with Crippen LogP contribution in [0.25, 0.3) is 0 Å². The van der Waals surface area contributed by atoms with Crippen molar-refractivity contribution < 1.29 is 9.53 Å². The van der Waals surface area contributed by atoms with Crippen LogP contribution in [0.4, 0.5) is 0 Å². The number of benzene rings is 1. The molecule has 0 bridgehead atoms. The number of nitrogens with zero attached hydrogens (tertiary/aromatic N) is 1. The number of carbonyl (C=O) groups excluding carboxylic acids is 1. The third-order valence-corrected chi connectivity index (χ3v) is 4.38. The van der Waals surface area contributed by atoms with Crippen LogP contribution in [0.1, 0.15) is 30.4 Å². The van der Waals surface area contributed by atoms with Gasteiger partial charge < -0.3 is 10.1 Å². The number of hydrogen-bond acceptors (Lipinski definition) is 3. The minimum atomic E-state index is -0.202. The number of amides is 1. The van der Waals surface area contributed by atoms with Gasteiger partial charge in [-0.05, 0) is 36.8 Å². The summed E-state index contributed by atoms with van der Waals surface area (Å²) in [5, 5.41) is 2.99. The molecule has 2 aliphatic rings. The Kier molecular flexibility index (Phi) is 4.88. The van der Waals surface area contributed by atoms with Crippen molar-refractivity contribution in [2.45, 2.75) is 38.3 Å². The second-order valence-electron chi connectivity index (χ2n) is 5.94. The zero-order valence-electron chi connectivity index (χ0n) is 12.5. The van der Waals surface area contributed by atoms with E-state index in [0.717, 1.165) is 58.5 Å². The van der Waals surface area contributed by atoms with E-state index < -0.39 is 0 Å². The number of ether oxygens (including phenoxy) is 1. The maximum Gasteiger partial charge on any atom is 0.249 e. The molecule has 21 heavy (non-hydrogen) atoms.